The van der Waals surface area contributed by atoms with Crippen LogP contribution in [-0.2, 0) is 4.79 Å². The van der Waals surface area contributed by atoms with Crippen molar-refractivity contribution in [3.63, 3.8) is 0 Å². The third-order valence-corrected chi connectivity index (χ3v) is 2.87. The van der Waals surface area contributed by atoms with Crippen LogP contribution in [0, 0.1) is 0 Å². The molecule has 1 atom stereocenters. The Morgan fingerprint density at radius 2 is 2.06 bits per heavy atom. The molecule has 1 aromatic rings. The number of methoxy groups -OCH3 is 1. The normalized spacial score (nSPS) is 21.0. The van der Waals surface area contributed by atoms with E-state index >= 15 is 0 Å². The van der Waals surface area contributed by atoms with Crippen LogP contribution in [0.1, 0.15) is 11.6 Å². The minimum Gasteiger partial charge on any atom is -0.497 e. The van der Waals surface area contributed by atoms with E-state index < -0.39 is 0 Å². The molecule has 86 valence electrons. The average molecular weight is 220 g/mol. The molecule has 1 saturated heterocycles. The van der Waals surface area contributed by atoms with Crippen LogP contribution in [0.25, 0.3) is 0 Å². The molecule has 4 nitrogen and oxygen atoms in total. The van der Waals surface area contributed by atoms with Crippen molar-refractivity contribution in [2.45, 2.75) is 6.04 Å². The van der Waals surface area contributed by atoms with Crippen molar-refractivity contribution in [3.8, 4) is 5.75 Å². The molecule has 1 aromatic carbocycles. The highest BCUT2D eigenvalue weighted by molar-refractivity contribution is 5.83. The number of piperazine rings is 1. The molecule has 1 fully saturated rings. The second-order valence-electron chi connectivity index (χ2n) is 3.92. The molecule has 16 heavy (non-hydrogen) atoms. The Labute approximate surface area is 95.2 Å². The number of nitrogens with zero attached hydrogens (tertiary/aromatic N) is 1. The summed E-state index contributed by atoms with van der Waals surface area (Å²) in [6, 6.07) is 7.38. The van der Waals surface area contributed by atoms with E-state index in [9.17, 15) is 4.79 Å². The molecule has 2 rings (SSSR count). The molecule has 0 bridgehead atoms. The maximum absolute atomic E-state index is 11.9. The Morgan fingerprint density at radius 1 is 1.38 bits per heavy atom. The van der Waals surface area contributed by atoms with Crippen molar-refractivity contribution in [2.24, 2.45) is 0 Å². The molecule has 4 heteroatoms. The third kappa shape index (κ3) is 2.02. The summed E-state index contributed by atoms with van der Waals surface area (Å²) in [6.07, 6.45) is 0. The number of benzene rings is 1. The summed E-state index contributed by atoms with van der Waals surface area (Å²) in [7, 11) is 3.46. The standard InChI is InChI=1S/C12H16N2O2/c1-14-8-7-13-11(12(14)15)9-3-5-10(16-2)6-4-9/h3-6,11,13H,7-8H2,1-2H3. The van der Waals surface area contributed by atoms with Crippen LogP contribution in [0.2, 0.25) is 0 Å². The fourth-order valence-corrected chi connectivity index (χ4v) is 1.85. The second-order valence-corrected chi connectivity index (χ2v) is 3.92. The number of ether oxygens (including phenoxy) is 1. The Kier molecular flexibility index (Phi) is 3.10. The van der Waals surface area contributed by atoms with Crippen LogP contribution in [-0.4, -0.2) is 38.1 Å². The van der Waals surface area contributed by atoms with Gasteiger partial charge in [-0.3, -0.25) is 4.79 Å². The minimum atomic E-state index is -0.218. The summed E-state index contributed by atoms with van der Waals surface area (Å²) < 4.78 is 5.09. The zero-order valence-corrected chi connectivity index (χ0v) is 9.56. The van der Waals surface area contributed by atoms with E-state index in [2.05, 4.69) is 5.32 Å². The summed E-state index contributed by atoms with van der Waals surface area (Å²) in [5.74, 6) is 0.928. The molecule has 1 aliphatic heterocycles. The molecule has 1 N–H and O–H groups in total. The summed E-state index contributed by atoms with van der Waals surface area (Å²) in [5.41, 5.74) is 0.984. The molecule has 0 saturated carbocycles. The monoisotopic (exact) mass is 220 g/mol. The van der Waals surface area contributed by atoms with Crippen molar-refractivity contribution in [1.29, 1.82) is 0 Å². The zero-order chi connectivity index (χ0) is 11.5. The van der Waals surface area contributed by atoms with Gasteiger partial charge in [0.2, 0.25) is 5.91 Å². The quantitative estimate of drug-likeness (QED) is 0.801. The number of carbonyl (C=O) groups excluding carboxylic acids is 1. The van der Waals surface area contributed by atoms with Crippen LogP contribution >= 0.6 is 0 Å². The molecular weight excluding hydrogens is 204 g/mol. The van der Waals surface area contributed by atoms with Crippen molar-refractivity contribution in [1.82, 2.24) is 10.2 Å². The molecule has 1 heterocycles. The Morgan fingerprint density at radius 3 is 2.69 bits per heavy atom. The summed E-state index contributed by atoms with van der Waals surface area (Å²) in [4.78, 5) is 13.7. The van der Waals surface area contributed by atoms with Gasteiger partial charge in [0.15, 0.2) is 0 Å². The summed E-state index contributed by atoms with van der Waals surface area (Å²) in [6.45, 7) is 1.60. The molecule has 0 spiro atoms. The molecule has 0 aromatic heterocycles. The lowest BCUT2D eigenvalue weighted by Crippen LogP contribution is -2.48. The Balaban J connectivity index is 2.19. The molecule has 0 radical (unpaired) electrons. The van der Waals surface area contributed by atoms with E-state index in [1.165, 1.54) is 0 Å². The van der Waals surface area contributed by atoms with Gasteiger partial charge in [0, 0.05) is 20.1 Å². The number of nitrogens with one attached hydrogen (secondary N) is 1. The van der Waals surface area contributed by atoms with Crippen LogP contribution in [0.3, 0.4) is 0 Å². The Bertz CT molecular complexity index is 375. The molecule has 1 aliphatic rings. The van der Waals surface area contributed by atoms with Gasteiger partial charge >= 0.3 is 0 Å². The molecule has 1 amide bonds. The SMILES string of the molecule is COc1ccc(C2NCCN(C)C2=O)cc1. The average Bonchev–Trinajstić information content (AvgIpc) is 2.33. The lowest BCUT2D eigenvalue weighted by atomic mass is 10.0. The van der Waals surface area contributed by atoms with Gasteiger partial charge in [0.25, 0.3) is 0 Å². The first kappa shape index (κ1) is 11.0. The fraction of sp³-hybridized carbons (Fsp3) is 0.417. The zero-order valence-electron chi connectivity index (χ0n) is 9.56. The predicted molar refractivity (Wildman–Crippen MR) is 61.4 cm³/mol. The molecular formula is C12H16N2O2. The first-order chi connectivity index (χ1) is 7.72. The highest BCUT2D eigenvalue weighted by Crippen LogP contribution is 2.20. The number of hydrogen-bond acceptors (Lipinski definition) is 3. The Hall–Kier alpha value is -1.55. The van der Waals surface area contributed by atoms with Crippen molar-refractivity contribution < 1.29 is 9.53 Å². The van der Waals surface area contributed by atoms with Gasteiger partial charge < -0.3 is 15.0 Å². The van der Waals surface area contributed by atoms with E-state index in [4.69, 9.17) is 4.74 Å². The van der Waals surface area contributed by atoms with Crippen molar-refractivity contribution in [3.05, 3.63) is 29.8 Å². The third-order valence-electron chi connectivity index (χ3n) is 2.87. The highest BCUT2D eigenvalue weighted by atomic mass is 16.5. The van der Waals surface area contributed by atoms with E-state index in [-0.39, 0.29) is 11.9 Å². The highest BCUT2D eigenvalue weighted by Gasteiger charge is 2.26. The van der Waals surface area contributed by atoms with Gasteiger partial charge in [-0.1, -0.05) is 12.1 Å². The van der Waals surface area contributed by atoms with Gasteiger partial charge in [-0.2, -0.15) is 0 Å². The topological polar surface area (TPSA) is 41.6 Å². The smallest absolute Gasteiger partial charge is 0.244 e. The number of amides is 1. The number of rotatable bonds is 2. The van der Waals surface area contributed by atoms with Gasteiger partial charge in [0.1, 0.15) is 11.8 Å². The van der Waals surface area contributed by atoms with Gasteiger partial charge in [0.05, 0.1) is 7.11 Å². The lowest BCUT2D eigenvalue weighted by molar-refractivity contribution is -0.134. The molecule has 0 aliphatic carbocycles. The van der Waals surface area contributed by atoms with Crippen LogP contribution < -0.4 is 10.1 Å². The second kappa shape index (κ2) is 4.53. The number of carbonyl (C=O) groups is 1. The minimum absolute atomic E-state index is 0.122. The predicted octanol–water partition coefficient (Wildman–Crippen LogP) is 0.798. The van der Waals surface area contributed by atoms with Crippen molar-refractivity contribution >= 4 is 5.91 Å². The van der Waals surface area contributed by atoms with Crippen LogP contribution in [0.5, 0.6) is 5.75 Å². The van der Waals surface area contributed by atoms with E-state index in [1.807, 2.05) is 31.3 Å². The summed E-state index contributed by atoms with van der Waals surface area (Å²) in [5, 5.41) is 3.22. The first-order valence-corrected chi connectivity index (χ1v) is 5.34. The first-order valence-electron chi connectivity index (χ1n) is 5.34. The van der Waals surface area contributed by atoms with Gasteiger partial charge in [-0.05, 0) is 17.7 Å². The fourth-order valence-electron chi connectivity index (χ4n) is 1.85. The molecule has 1 unspecified atom stereocenters. The maximum atomic E-state index is 11.9. The number of likely N-dealkylation sites (N-methyl/N-ethyl adjacent to an activating group) is 1. The number of hydrogen-bond donors (Lipinski definition) is 1. The van der Waals surface area contributed by atoms with Crippen LogP contribution in [0.15, 0.2) is 24.3 Å². The lowest BCUT2D eigenvalue weighted by Gasteiger charge is -2.30. The summed E-state index contributed by atoms with van der Waals surface area (Å²) >= 11 is 0. The van der Waals surface area contributed by atoms with Gasteiger partial charge in [-0.15, -0.1) is 0 Å². The van der Waals surface area contributed by atoms with Crippen molar-refractivity contribution in [2.75, 3.05) is 27.2 Å². The maximum Gasteiger partial charge on any atom is 0.244 e. The largest absolute Gasteiger partial charge is 0.497 e. The van der Waals surface area contributed by atoms with E-state index in [0.29, 0.717) is 0 Å². The van der Waals surface area contributed by atoms with Crippen LogP contribution in [0.4, 0.5) is 0 Å². The van der Waals surface area contributed by atoms with Gasteiger partial charge in [-0.25, -0.2) is 0 Å². The van der Waals surface area contributed by atoms with E-state index in [1.54, 1.807) is 12.0 Å². The van der Waals surface area contributed by atoms with E-state index in [0.717, 1.165) is 24.4 Å².